The molecule has 94 heavy (non-hydrogen) atoms. The van der Waals surface area contributed by atoms with E-state index in [1.54, 1.807) is 26.1 Å². The Morgan fingerprint density at radius 2 is 1.20 bits per heavy atom. The molecule has 13 N–H and O–H groups in total. The Hall–Kier alpha value is -5.96. The van der Waals surface area contributed by atoms with Gasteiger partial charge >= 0.3 is 37.2 Å². The van der Waals surface area contributed by atoms with Gasteiger partial charge in [-0.3, -0.25) is 52.6 Å². The number of rotatable bonds is 13. The van der Waals surface area contributed by atoms with Crippen LogP contribution in [0.3, 0.4) is 0 Å². The molecule has 518 valence electrons. The van der Waals surface area contributed by atoms with Crippen LogP contribution in [0.2, 0.25) is 0 Å². The molecule has 0 aliphatic heterocycles. The van der Waals surface area contributed by atoms with Crippen LogP contribution in [0.5, 0.6) is 0 Å². The number of allylic oxidation sites excluding steroid dienone is 1. The quantitative estimate of drug-likeness (QED) is 0.0361. The number of halogens is 3. The summed E-state index contributed by atoms with van der Waals surface area (Å²) in [5, 5.41) is 50.0. The maximum atomic E-state index is 14.8. The predicted molar refractivity (Wildman–Crippen MR) is 352 cm³/mol. The van der Waals surface area contributed by atoms with Gasteiger partial charge in [0.05, 0.1) is 57.0 Å². The molecule has 0 aromatic carbocycles. The van der Waals surface area contributed by atoms with Crippen LogP contribution in [-0.4, -0.2) is 117 Å². The van der Waals surface area contributed by atoms with Crippen LogP contribution in [0.15, 0.2) is 30.4 Å². The number of hydrogen-bond donors (Lipinski definition) is 8. The van der Waals surface area contributed by atoms with Crippen molar-refractivity contribution in [3.8, 4) is 18.2 Å². The topological polar surface area (TPSA) is 457 Å². The van der Waals surface area contributed by atoms with Crippen molar-refractivity contribution in [1.29, 1.82) is 17.1 Å². The van der Waals surface area contributed by atoms with E-state index < -0.39 is 60.6 Å². The molecule has 3 aromatic rings. The van der Waals surface area contributed by atoms with Gasteiger partial charge in [0.15, 0.2) is 17.8 Å². The van der Waals surface area contributed by atoms with Gasteiger partial charge in [-0.2, -0.15) is 31.1 Å². The molecule has 4 saturated carbocycles. The SMILES string of the molecule is C.C.CC(=O)Cl.CC(=O)Nc1nn(C2(CC#N)CCC(C)CC2F)cc1C(N)=O.CC(=O)O.CC1CCC(=O)CC1.CC1CCC(CC#N)(n2cc(C(N)=O)c(N)n2)C(F)C1.CCOP(=O)(CC#N)OCC.NC(=O)c1cn[nH]c1N.[2H][B].[C-]#[N+]C=C1CCC(C)CC1.[H-].[Na+].[U]. The molecule has 6 atom stereocenters. The molecule has 4 aliphatic carbocycles. The monoisotopic (exact) mass is 1600 g/mol. The van der Waals surface area contributed by atoms with Crippen LogP contribution in [0.1, 0.15) is 212 Å². The number of nitriles is 3. The molecule has 3 aromatic heterocycles. The molecule has 34 heteroatoms. The first-order valence-electron chi connectivity index (χ1n) is 29.4. The minimum atomic E-state index is -3.08. The standard InChI is InChI=1S/C15H20FN5O2.C13H18FN5O.C9H13N.C7H12O.C6H12NO3P.C4H6N4O.C2H3ClO.C2H4O2.2CH4.BH.Na.U.H/c1-9-3-4-15(5-6-17,12(16)7-9)21-8-11(13(18)23)14(20-21)19-10(2)22;1-8-2-3-13(4-5-15,10(14)6-8)19-7-9(12(17)20)11(16)18-19;1-8-3-5-9(6-4-8)7-10-2;1-6-2-4-7(8)5-3-6;1-3-9-11(8,6-5-7)10-4-2;5-3-2(4(6)9)1-7-8-3;2*1-2(3)4;;;;;;/h8-9,12H,3-5,7H2,1-2H3,(H2,18,23)(H,19,20,22);7-8,10H,2-4,6H2,1H3,(H2,16,18)(H2,17,20);7-8H,3-6H2,1H3;6H,2-5H2,1H3;3-4,6H2,1-2H3;1H,(H2,6,9)(H3,5,7,8);1H3;1H3,(H,3,4);2*1H4;1H;;;/q;;;;;;;;;;;+1;;-1/i;;;;;;;;;;1D;;;. The van der Waals surface area contributed by atoms with E-state index in [4.69, 9.17) is 71.3 Å². The molecular weight excluding hydrogens is 1500 g/mol. The summed E-state index contributed by atoms with van der Waals surface area (Å²) in [5.41, 5.74) is 25.7. The number of primary amides is 3. The number of ketones is 1. The van der Waals surface area contributed by atoms with Crippen molar-refractivity contribution in [2.75, 3.05) is 36.2 Å². The number of anilines is 3. The third-order valence-electron chi connectivity index (χ3n) is 14.3. The molecule has 2 radical (unpaired) electrons. The van der Waals surface area contributed by atoms with Crippen LogP contribution in [-0.2, 0) is 43.9 Å². The van der Waals surface area contributed by atoms with Crippen LogP contribution in [0.25, 0.3) is 4.85 Å². The van der Waals surface area contributed by atoms with Crippen LogP contribution >= 0.6 is 19.2 Å². The van der Waals surface area contributed by atoms with Gasteiger partial charge in [-0.15, -0.1) is 0 Å². The van der Waals surface area contributed by atoms with Crippen molar-refractivity contribution in [2.24, 2.45) is 40.9 Å². The number of nitrogen functional groups attached to an aromatic ring is 2. The van der Waals surface area contributed by atoms with Crippen molar-refractivity contribution in [1.82, 2.24) is 29.8 Å². The molecule has 0 saturated heterocycles. The maximum Gasteiger partial charge on any atom is 1.00 e. The Morgan fingerprint density at radius 3 is 1.50 bits per heavy atom. The number of hydrogen-bond acceptors (Lipinski definition) is 18. The zero-order valence-corrected chi connectivity index (χ0v) is 62.1. The number of nitrogens with two attached hydrogens (primary N) is 5. The van der Waals surface area contributed by atoms with Gasteiger partial charge in [0, 0.05) is 85.5 Å². The zero-order valence-electron chi connectivity index (χ0n) is 56.3. The fraction of sp³-hybridized carbons (Fsp3) is 0.633. The molecule has 3 heterocycles. The van der Waals surface area contributed by atoms with Crippen molar-refractivity contribution in [2.45, 2.75) is 203 Å². The molecule has 4 amide bonds. The minimum absolute atomic E-state index is 0. The minimum Gasteiger partial charge on any atom is -1.00 e. The van der Waals surface area contributed by atoms with E-state index in [1.165, 1.54) is 60.2 Å². The number of nitrogens with one attached hydrogen (secondary N) is 2. The molecule has 0 bridgehead atoms. The van der Waals surface area contributed by atoms with E-state index in [0.29, 0.717) is 44.7 Å². The summed E-state index contributed by atoms with van der Waals surface area (Å²) in [4.78, 5) is 76.5. The number of carboxylic acids is 1. The summed E-state index contributed by atoms with van der Waals surface area (Å²) in [5.74, 6) is -0.498. The van der Waals surface area contributed by atoms with Gasteiger partial charge in [0.1, 0.15) is 57.9 Å². The van der Waals surface area contributed by atoms with E-state index in [2.05, 4.69) is 64.4 Å². The average molecular weight is 1600 g/mol. The fourth-order valence-corrected chi connectivity index (χ4v) is 10.6. The van der Waals surface area contributed by atoms with Crippen molar-refractivity contribution in [3.63, 3.8) is 0 Å². The first-order chi connectivity index (χ1) is 42.7. The number of carboxylic acid groups (broad SMARTS) is 1. The van der Waals surface area contributed by atoms with E-state index in [1.807, 2.05) is 26.0 Å². The number of aliphatic carboxylic acids is 1. The largest absolute Gasteiger partial charge is 1.00 e. The van der Waals surface area contributed by atoms with E-state index in [9.17, 15) is 42.1 Å². The molecule has 4 aliphatic rings. The van der Waals surface area contributed by atoms with Crippen LogP contribution < -0.4 is 63.5 Å². The summed E-state index contributed by atoms with van der Waals surface area (Å²) in [6, 6.07) is 5.80. The van der Waals surface area contributed by atoms with Gasteiger partial charge in [0.25, 0.3) is 23.7 Å². The summed E-state index contributed by atoms with van der Waals surface area (Å²) in [7, 11) is 0.670. The Bertz CT molecular complexity index is 3040. The second-order valence-electron chi connectivity index (χ2n) is 21.8. The average Bonchev–Trinajstić information content (AvgIpc) is 1.54. The summed E-state index contributed by atoms with van der Waals surface area (Å²) in [6.45, 7) is 22.8. The number of alkyl halides is 2. The van der Waals surface area contributed by atoms with E-state index in [-0.39, 0.29) is 147 Å². The van der Waals surface area contributed by atoms with Gasteiger partial charge in [-0.1, -0.05) is 48.1 Å². The third-order valence-corrected chi connectivity index (χ3v) is 16.2. The Kier molecular flexibility index (Phi) is 52.8. The first kappa shape index (κ1) is 96.7. The number of Topliss-reactive ketones (excluding diaryl/α,β-unsaturated/α-hetero) is 1. The fourth-order valence-electron chi connectivity index (χ4n) is 9.42. The number of amides is 4. The first-order valence-corrected chi connectivity index (χ1v) is 30.9. The third kappa shape index (κ3) is 36.2. The van der Waals surface area contributed by atoms with Crippen molar-refractivity contribution >= 4 is 85.7 Å². The molecular formula is C60H98BClF2N16NaO11PU. The zero-order chi connectivity index (χ0) is 70.2. The summed E-state index contributed by atoms with van der Waals surface area (Å²) >= 11 is 4.64. The summed E-state index contributed by atoms with van der Waals surface area (Å²) in [6.07, 6.45) is 14.9. The molecule has 0 spiro atoms. The number of H-pyrrole nitrogens is 1. The van der Waals surface area contributed by atoms with Gasteiger partial charge in [-0.05, 0) is 128 Å². The molecule has 27 nitrogen and oxygen atoms in total. The van der Waals surface area contributed by atoms with Gasteiger partial charge in [0.2, 0.25) is 11.1 Å². The van der Waals surface area contributed by atoms with Gasteiger partial charge < -0.3 is 49.6 Å². The number of aromatic nitrogens is 6. The van der Waals surface area contributed by atoms with Crippen molar-refractivity contribution < 1.29 is 123 Å². The Balaban J connectivity index is -0.000000197. The summed E-state index contributed by atoms with van der Waals surface area (Å²) < 4.78 is 58.3. The maximum absolute atomic E-state index is 14.8. The molecule has 4 fully saturated rings. The van der Waals surface area contributed by atoms with Crippen molar-refractivity contribution in [3.05, 3.63) is 58.5 Å². The Labute approximate surface area is 608 Å². The van der Waals surface area contributed by atoms with E-state index in [0.717, 1.165) is 70.1 Å². The second kappa shape index (κ2) is 51.3. The Morgan fingerprint density at radius 1 is 0.809 bits per heavy atom. The van der Waals surface area contributed by atoms with Gasteiger partial charge in [-0.25, -0.2) is 13.6 Å². The normalized spacial score (nSPS) is 20.6. The molecule has 7 rings (SSSR count). The molecule has 6 unspecified atom stereocenters. The van der Waals surface area contributed by atoms with E-state index >= 15 is 0 Å². The second-order valence-corrected chi connectivity index (χ2v) is 24.4. The predicted octanol–water partition coefficient (Wildman–Crippen LogP) is 7.27. The van der Waals surface area contributed by atoms with Crippen LogP contribution in [0.4, 0.5) is 26.2 Å². The smallest absolute Gasteiger partial charge is 1.00 e. The van der Waals surface area contributed by atoms with Crippen LogP contribution in [0, 0.1) is 95.4 Å². The number of aromatic amines is 1. The number of carbonyl (C=O) groups excluding carboxylic acids is 6. The number of carbonyl (C=O) groups is 7. The number of nitrogens with zero attached hydrogens (tertiary/aromatic N) is 9.